The maximum Gasteiger partial charge on any atom is 0.404 e. The molecule has 0 aliphatic heterocycles. The van der Waals surface area contributed by atoms with Gasteiger partial charge in [0.1, 0.15) is 0 Å². The number of carbonyl (C=O) groups is 2. The zero-order valence-corrected chi connectivity index (χ0v) is 12.3. The van der Waals surface area contributed by atoms with Gasteiger partial charge in [0.05, 0.1) is 17.5 Å². The Labute approximate surface area is 125 Å². The first kappa shape index (κ1) is 16.5. The fourth-order valence-corrected chi connectivity index (χ4v) is 1.92. The standard InChI is InChI=1S/C13H17BrN2O4/c14-7-12(18)15-8-11(17)10(16-13(19)20)6-9-4-2-1-3-5-9/h1-5,10-11,16-17H,6-8H2,(H,15,18)(H,19,20)/t10?,11-/m1/s1. The number of aliphatic hydroxyl groups excluding tert-OH is 1. The number of halogens is 1. The van der Waals surface area contributed by atoms with Gasteiger partial charge < -0.3 is 20.8 Å². The normalized spacial score (nSPS) is 13.3. The fourth-order valence-electron chi connectivity index (χ4n) is 1.72. The van der Waals surface area contributed by atoms with Gasteiger partial charge in [-0.05, 0) is 12.0 Å². The lowest BCUT2D eigenvalue weighted by atomic mass is 10.0. The number of benzene rings is 1. The Morgan fingerprint density at radius 3 is 2.45 bits per heavy atom. The molecule has 0 fully saturated rings. The van der Waals surface area contributed by atoms with Crippen LogP contribution >= 0.6 is 15.9 Å². The van der Waals surface area contributed by atoms with Gasteiger partial charge >= 0.3 is 6.09 Å². The van der Waals surface area contributed by atoms with Gasteiger partial charge in [0.2, 0.25) is 5.91 Å². The van der Waals surface area contributed by atoms with Gasteiger partial charge in [-0.15, -0.1) is 0 Å². The zero-order valence-electron chi connectivity index (χ0n) is 10.8. The Kier molecular flexibility index (Phi) is 7.03. The van der Waals surface area contributed by atoms with Gasteiger partial charge in [-0.1, -0.05) is 46.3 Å². The molecule has 1 aromatic rings. The van der Waals surface area contributed by atoms with Crippen molar-refractivity contribution in [2.45, 2.75) is 18.6 Å². The summed E-state index contributed by atoms with van der Waals surface area (Å²) in [5, 5.41) is 23.7. The highest BCUT2D eigenvalue weighted by molar-refractivity contribution is 9.09. The van der Waals surface area contributed by atoms with E-state index in [9.17, 15) is 14.7 Å². The summed E-state index contributed by atoms with van der Waals surface area (Å²) in [7, 11) is 0. The van der Waals surface area contributed by atoms with Crippen LogP contribution in [0.25, 0.3) is 0 Å². The number of amides is 2. The van der Waals surface area contributed by atoms with E-state index in [1.165, 1.54) is 0 Å². The van der Waals surface area contributed by atoms with Crippen molar-refractivity contribution in [3.63, 3.8) is 0 Å². The van der Waals surface area contributed by atoms with Crippen LogP contribution in [0.15, 0.2) is 30.3 Å². The lowest BCUT2D eigenvalue weighted by Crippen LogP contribution is -2.49. The summed E-state index contributed by atoms with van der Waals surface area (Å²) in [4.78, 5) is 21.9. The molecule has 2 atom stereocenters. The second kappa shape index (κ2) is 8.55. The highest BCUT2D eigenvalue weighted by Crippen LogP contribution is 2.06. The second-order valence-corrected chi connectivity index (χ2v) is 4.81. The van der Waals surface area contributed by atoms with Crippen LogP contribution in [0.3, 0.4) is 0 Å². The van der Waals surface area contributed by atoms with Crippen LogP contribution in [0.5, 0.6) is 0 Å². The van der Waals surface area contributed by atoms with Crippen molar-refractivity contribution in [2.24, 2.45) is 0 Å². The third-order valence-corrected chi connectivity index (χ3v) is 3.21. The average Bonchev–Trinajstić information content (AvgIpc) is 2.44. The van der Waals surface area contributed by atoms with Gasteiger partial charge in [0.25, 0.3) is 0 Å². The number of rotatable bonds is 7. The Balaban J connectivity index is 2.63. The van der Waals surface area contributed by atoms with E-state index in [1.54, 1.807) is 0 Å². The molecular weight excluding hydrogens is 328 g/mol. The monoisotopic (exact) mass is 344 g/mol. The Hall–Kier alpha value is -1.60. The molecule has 7 heteroatoms. The molecule has 20 heavy (non-hydrogen) atoms. The van der Waals surface area contributed by atoms with E-state index in [0.717, 1.165) is 5.56 Å². The van der Waals surface area contributed by atoms with Crippen LogP contribution in [-0.4, -0.2) is 46.2 Å². The maximum atomic E-state index is 11.1. The highest BCUT2D eigenvalue weighted by Gasteiger charge is 2.22. The van der Waals surface area contributed by atoms with Crippen molar-refractivity contribution in [2.75, 3.05) is 11.9 Å². The predicted octanol–water partition coefficient (Wildman–Crippen LogP) is 0.737. The van der Waals surface area contributed by atoms with Crippen LogP contribution in [0.2, 0.25) is 0 Å². The third-order valence-electron chi connectivity index (χ3n) is 2.70. The van der Waals surface area contributed by atoms with E-state index in [-0.39, 0.29) is 17.8 Å². The van der Waals surface area contributed by atoms with Crippen LogP contribution in [-0.2, 0) is 11.2 Å². The molecule has 1 rings (SSSR count). The molecule has 0 spiro atoms. The van der Waals surface area contributed by atoms with E-state index in [2.05, 4.69) is 26.6 Å². The van der Waals surface area contributed by atoms with Crippen molar-refractivity contribution >= 4 is 27.9 Å². The van der Waals surface area contributed by atoms with E-state index in [0.29, 0.717) is 6.42 Å². The fraction of sp³-hybridized carbons (Fsp3) is 0.385. The number of carbonyl (C=O) groups excluding carboxylic acids is 1. The van der Waals surface area contributed by atoms with Crippen molar-refractivity contribution < 1.29 is 19.8 Å². The molecule has 0 aliphatic rings. The average molecular weight is 345 g/mol. The van der Waals surface area contributed by atoms with Gasteiger partial charge in [-0.3, -0.25) is 4.79 Å². The molecule has 0 saturated heterocycles. The summed E-state index contributed by atoms with van der Waals surface area (Å²) in [6, 6.07) is 8.54. The van der Waals surface area contributed by atoms with Crippen molar-refractivity contribution in [3.8, 4) is 0 Å². The molecule has 110 valence electrons. The summed E-state index contributed by atoms with van der Waals surface area (Å²) >= 11 is 2.99. The number of alkyl halides is 1. The largest absolute Gasteiger partial charge is 0.465 e. The molecule has 6 nitrogen and oxygen atoms in total. The van der Waals surface area contributed by atoms with Gasteiger partial charge in [-0.2, -0.15) is 0 Å². The molecule has 0 heterocycles. The molecule has 0 aromatic heterocycles. The smallest absolute Gasteiger partial charge is 0.404 e. The molecule has 4 N–H and O–H groups in total. The molecule has 0 aliphatic carbocycles. The molecular formula is C13H17BrN2O4. The summed E-state index contributed by atoms with van der Waals surface area (Å²) in [5.41, 5.74) is 0.900. The van der Waals surface area contributed by atoms with Crippen molar-refractivity contribution in [3.05, 3.63) is 35.9 Å². The lowest BCUT2D eigenvalue weighted by Gasteiger charge is -2.23. The van der Waals surface area contributed by atoms with Gasteiger partial charge in [0, 0.05) is 6.54 Å². The minimum Gasteiger partial charge on any atom is -0.465 e. The van der Waals surface area contributed by atoms with E-state index in [4.69, 9.17) is 5.11 Å². The van der Waals surface area contributed by atoms with Crippen LogP contribution in [0, 0.1) is 0 Å². The number of aliphatic hydroxyl groups is 1. The van der Waals surface area contributed by atoms with Crippen molar-refractivity contribution in [1.82, 2.24) is 10.6 Å². The van der Waals surface area contributed by atoms with Gasteiger partial charge in [0.15, 0.2) is 0 Å². The van der Waals surface area contributed by atoms with Crippen LogP contribution in [0.4, 0.5) is 4.79 Å². The predicted molar refractivity (Wildman–Crippen MR) is 77.9 cm³/mol. The minimum absolute atomic E-state index is 0.0117. The minimum atomic E-state index is -1.21. The molecule has 0 saturated carbocycles. The van der Waals surface area contributed by atoms with Gasteiger partial charge in [-0.25, -0.2) is 4.79 Å². The van der Waals surface area contributed by atoms with E-state index < -0.39 is 18.2 Å². The highest BCUT2D eigenvalue weighted by atomic mass is 79.9. The maximum absolute atomic E-state index is 11.1. The van der Waals surface area contributed by atoms with Crippen molar-refractivity contribution in [1.29, 1.82) is 0 Å². The molecule has 0 bridgehead atoms. The topological polar surface area (TPSA) is 98.7 Å². The first-order valence-corrected chi connectivity index (χ1v) is 7.19. The summed E-state index contributed by atoms with van der Waals surface area (Å²) in [6.45, 7) is -0.0117. The Bertz CT molecular complexity index is 441. The number of hydrogen-bond donors (Lipinski definition) is 4. The molecule has 1 aromatic carbocycles. The first-order valence-electron chi connectivity index (χ1n) is 6.07. The van der Waals surface area contributed by atoms with Crippen LogP contribution in [0.1, 0.15) is 5.56 Å². The second-order valence-electron chi connectivity index (χ2n) is 4.25. The third kappa shape index (κ3) is 6.03. The van der Waals surface area contributed by atoms with E-state index >= 15 is 0 Å². The Morgan fingerprint density at radius 1 is 1.25 bits per heavy atom. The molecule has 2 amide bonds. The first-order chi connectivity index (χ1) is 9.52. The number of nitrogens with one attached hydrogen (secondary N) is 2. The quantitative estimate of drug-likeness (QED) is 0.548. The molecule has 0 radical (unpaired) electrons. The van der Waals surface area contributed by atoms with Crippen LogP contribution < -0.4 is 10.6 Å². The Morgan fingerprint density at radius 2 is 1.90 bits per heavy atom. The summed E-state index contributed by atoms with van der Waals surface area (Å²) < 4.78 is 0. The summed E-state index contributed by atoms with van der Waals surface area (Å²) in [6.07, 6.45) is -1.87. The molecule has 1 unspecified atom stereocenters. The van der Waals surface area contributed by atoms with E-state index in [1.807, 2.05) is 30.3 Å². The summed E-state index contributed by atoms with van der Waals surface area (Å²) in [5.74, 6) is -0.266. The number of carboxylic acid groups (broad SMARTS) is 1. The zero-order chi connectivity index (χ0) is 15.0. The SMILES string of the molecule is O=C(O)NC(Cc1ccccc1)[C@H](O)CNC(=O)CBr. The number of hydrogen-bond acceptors (Lipinski definition) is 3. The lowest BCUT2D eigenvalue weighted by molar-refractivity contribution is -0.119.